The minimum absolute atomic E-state index is 0.0307. The number of benzene rings is 3. The lowest BCUT2D eigenvalue weighted by atomic mass is 10.1. The molecule has 39 heavy (non-hydrogen) atoms. The maximum atomic E-state index is 13.0. The van der Waals surface area contributed by atoms with E-state index < -0.39 is 22.1 Å². The van der Waals surface area contributed by atoms with Gasteiger partial charge < -0.3 is 15.2 Å². The van der Waals surface area contributed by atoms with E-state index in [2.05, 4.69) is 20.3 Å². The van der Waals surface area contributed by atoms with Crippen LogP contribution in [0.2, 0.25) is 0 Å². The van der Waals surface area contributed by atoms with E-state index in [1.165, 1.54) is 6.07 Å². The number of sulfonamides is 1. The molecule has 0 radical (unpaired) electrons. The van der Waals surface area contributed by atoms with Crippen LogP contribution in [-0.4, -0.2) is 29.9 Å². The van der Waals surface area contributed by atoms with Crippen LogP contribution in [0.3, 0.4) is 0 Å². The molecule has 0 bridgehead atoms. The van der Waals surface area contributed by atoms with Crippen LogP contribution in [0.15, 0.2) is 96.2 Å². The molecular weight excluding hydrogens is 514 g/mol. The van der Waals surface area contributed by atoms with Crippen molar-refractivity contribution in [3.05, 3.63) is 108 Å². The Morgan fingerprint density at radius 2 is 1.72 bits per heavy atom. The molecule has 10 heteroatoms. The van der Waals surface area contributed by atoms with Gasteiger partial charge in [0.1, 0.15) is 5.82 Å². The Balaban J connectivity index is 1.62. The first-order chi connectivity index (χ1) is 18.8. The van der Waals surface area contributed by atoms with Crippen LogP contribution in [-0.2, 0) is 21.2 Å². The van der Waals surface area contributed by atoms with Crippen LogP contribution in [0.5, 0.6) is 0 Å². The number of nitrogens with zero attached hydrogens (tertiary/aromatic N) is 2. The van der Waals surface area contributed by atoms with Crippen LogP contribution in [0, 0.1) is 6.92 Å². The third kappa shape index (κ3) is 7.11. The predicted octanol–water partition coefficient (Wildman–Crippen LogP) is 4.89. The summed E-state index contributed by atoms with van der Waals surface area (Å²) < 4.78 is 29.8. The normalized spacial score (nSPS) is 11.9. The average molecular weight is 546 g/mol. The van der Waals surface area contributed by atoms with E-state index in [1.54, 1.807) is 48.1 Å². The molecule has 1 aromatic heterocycles. The smallest absolute Gasteiger partial charge is 0.327 e. The molecule has 3 N–H and O–H groups in total. The van der Waals surface area contributed by atoms with Crippen molar-refractivity contribution in [3.8, 4) is 5.69 Å². The Morgan fingerprint density at radius 3 is 2.46 bits per heavy atom. The summed E-state index contributed by atoms with van der Waals surface area (Å²) in [7, 11) is -4.09. The fourth-order valence-corrected chi connectivity index (χ4v) is 5.42. The zero-order valence-corrected chi connectivity index (χ0v) is 22.6. The van der Waals surface area contributed by atoms with Gasteiger partial charge in [0.2, 0.25) is 5.91 Å². The van der Waals surface area contributed by atoms with Gasteiger partial charge in [0, 0.05) is 30.2 Å². The van der Waals surface area contributed by atoms with Crippen LogP contribution >= 0.6 is 0 Å². The second-order valence-corrected chi connectivity index (χ2v) is 10.7. The Bertz CT molecular complexity index is 1550. The highest BCUT2D eigenvalue weighted by Gasteiger charge is 2.25. The van der Waals surface area contributed by atoms with Gasteiger partial charge in [0.15, 0.2) is 0 Å². The number of nitrogens with one attached hydrogen (secondary N) is 3. The summed E-state index contributed by atoms with van der Waals surface area (Å²) >= 11 is 0. The number of urea groups is 1. The molecule has 4 rings (SSSR count). The number of amides is 3. The largest absolute Gasteiger partial charge is 0.329 e. The van der Waals surface area contributed by atoms with E-state index >= 15 is 0 Å². The maximum absolute atomic E-state index is 13.0. The van der Waals surface area contributed by atoms with Crippen molar-refractivity contribution >= 4 is 27.6 Å². The van der Waals surface area contributed by atoms with E-state index in [-0.39, 0.29) is 10.8 Å². The summed E-state index contributed by atoms with van der Waals surface area (Å²) in [6, 6.07) is 21.8. The molecule has 3 amide bonds. The topological polar surface area (TPSA) is 122 Å². The fraction of sp³-hybridized carbons (Fsp3) is 0.207. The Kier molecular flexibility index (Phi) is 8.77. The highest BCUT2D eigenvalue weighted by atomic mass is 32.2. The minimum Gasteiger partial charge on any atom is -0.327 e. The van der Waals surface area contributed by atoms with Crippen molar-refractivity contribution in [2.75, 3.05) is 5.32 Å². The number of rotatable bonds is 10. The highest BCUT2D eigenvalue weighted by molar-refractivity contribution is 7.90. The standard InChI is InChI=1S/C29H31N5O4S/c1-3-10-27(35)31-23-14-9-15-24(20-23)34-18-17-30-28(34)25(19-22-12-5-4-6-13-22)32-29(36)33-39(37,38)26-16-8-7-11-21(26)2/h4-9,11-18,20,25H,3,10,19H2,1-2H3,(H,31,35)(H2,32,33,36)/t25-/m0/s1. The molecule has 0 aliphatic rings. The number of aryl methyl sites for hydroxylation is 1. The Hall–Kier alpha value is -4.44. The molecule has 0 aliphatic heterocycles. The van der Waals surface area contributed by atoms with E-state index in [9.17, 15) is 18.0 Å². The molecule has 0 spiro atoms. The van der Waals surface area contributed by atoms with Gasteiger partial charge in [-0.3, -0.25) is 4.79 Å². The summed E-state index contributed by atoms with van der Waals surface area (Å²) in [6.45, 7) is 3.61. The van der Waals surface area contributed by atoms with Gasteiger partial charge in [-0.25, -0.2) is 22.9 Å². The first kappa shape index (κ1) is 27.6. The van der Waals surface area contributed by atoms with Crippen molar-refractivity contribution in [1.82, 2.24) is 19.6 Å². The average Bonchev–Trinajstić information content (AvgIpc) is 3.39. The lowest BCUT2D eigenvalue weighted by molar-refractivity contribution is -0.116. The number of hydrogen-bond acceptors (Lipinski definition) is 5. The fourth-order valence-electron chi connectivity index (χ4n) is 4.25. The molecule has 202 valence electrons. The maximum Gasteiger partial charge on any atom is 0.329 e. The number of carbonyl (C=O) groups is 2. The van der Waals surface area contributed by atoms with E-state index in [0.717, 1.165) is 17.7 Å². The lowest BCUT2D eigenvalue weighted by Crippen LogP contribution is -2.42. The first-order valence-electron chi connectivity index (χ1n) is 12.6. The molecule has 1 atom stereocenters. The van der Waals surface area contributed by atoms with Crippen LogP contribution in [0.1, 0.15) is 42.8 Å². The van der Waals surface area contributed by atoms with Gasteiger partial charge in [-0.15, -0.1) is 0 Å². The third-order valence-electron chi connectivity index (χ3n) is 6.06. The summed E-state index contributed by atoms with van der Waals surface area (Å²) in [5.41, 5.74) is 2.82. The van der Waals surface area contributed by atoms with Gasteiger partial charge in [-0.05, 0) is 55.2 Å². The molecule has 3 aromatic carbocycles. The summed E-state index contributed by atoms with van der Waals surface area (Å²) in [6.07, 6.45) is 4.89. The van der Waals surface area contributed by atoms with Crippen molar-refractivity contribution in [2.24, 2.45) is 0 Å². The molecule has 0 saturated carbocycles. The molecule has 0 saturated heterocycles. The van der Waals surface area contributed by atoms with E-state index in [1.807, 2.05) is 55.5 Å². The van der Waals surface area contributed by atoms with Crippen LogP contribution in [0.4, 0.5) is 10.5 Å². The van der Waals surface area contributed by atoms with Gasteiger partial charge in [-0.1, -0.05) is 61.5 Å². The summed E-state index contributed by atoms with van der Waals surface area (Å²) in [4.78, 5) is 29.7. The second-order valence-electron chi connectivity index (χ2n) is 9.09. The number of imidazole rings is 1. The van der Waals surface area contributed by atoms with Crippen molar-refractivity contribution < 1.29 is 18.0 Å². The molecule has 0 aliphatic carbocycles. The van der Waals surface area contributed by atoms with Crippen LogP contribution < -0.4 is 15.4 Å². The highest BCUT2D eigenvalue weighted by Crippen LogP contribution is 2.23. The van der Waals surface area contributed by atoms with Crippen LogP contribution in [0.25, 0.3) is 5.69 Å². The quantitative estimate of drug-likeness (QED) is 0.262. The molecule has 9 nitrogen and oxygen atoms in total. The second kappa shape index (κ2) is 12.4. The SMILES string of the molecule is CCCC(=O)Nc1cccc(-n2ccnc2[C@H](Cc2ccccc2)NC(=O)NS(=O)(=O)c2ccccc2C)c1. The monoisotopic (exact) mass is 545 g/mol. The van der Waals surface area contributed by atoms with Crippen molar-refractivity contribution in [3.63, 3.8) is 0 Å². The zero-order chi connectivity index (χ0) is 27.8. The first-order valence-corrected chi connectivity index (χ1v) is 14.1. The molecule has 0 fully saturated rings. The Labute approximate surface area is 228 Å². The minimum atomic E-state index is -4.09. The molecule has 1 heterocycles. The zero-order valence-electron chi connectivity index (χ0n) is 21.8. The Morgan fingerprint density at radius 1 is 0.974 bits per heavy atom. The molecular formula is C29H31N5O4S. The predicted molar refractivity (Wildman–Crippen MR) is 150 cm³/mol. The van der Waals surface area contributed by atoms with Gasteiger partial charge in [0.05, 0.1) is 10.9 Å². The lowest BCUT2D eigenvalue weighted by Gasteiger charge is -2.21. The van der Waals surface area contributed by atoms with E-state index in [0.29, 0.717) is 29.9 Å². The third-order valence-corrected chi connectivity index (χ3v) is 7.56. The van der Waals surface area contributed by atoms with Gasteiger partial charge >= 0.3 is 6.03 Å². The number of carbonyl (C=O) groups excluding carboxylic acids is 2. The number of hydrogen-bond donors (Lipinski definition) is 3. The number of aromatic nitrogens is 2. The van der Waals surface area contributed by atoms with Gasteiger partial charge in [0.25, 0.3) is 10.0 Å². The number of anilines is 1. The van der Waals surface area contributed by atoms with Gasteiger partial charge in [-0.2, -0.15) is 0 Å². The van der Waals surface area contributed by atoms with Crippen molar-refractivity contribution in [2.45, 2.75) is 44.0 Å². The summed E-state index contributed by atoms with van der Waals surface area (Å²) in [5.74, 6) is 0.426. The summed E-state index contributed by atoms with van der Waals surface area (Å²) in [5, 5.41) is 5.70. The molecule has 0 unspecified atom stereocenters. The molecule has 4 aromatic rings. The van der Waals surface area contributed by atoms with E-state index in [4.69, 9.17) is 0 Å². The van der Waals surface area contributed by atoms with Crippen molar-refractivity contribution in [1.29, 1.82) is 0 Å².